The summed E-state index contributed by atoms with van der Waals surface area (Å²) in [6, 6.07) is 8.94. The summed E-state index contributed by atoms with van der Waals surface area (Å²) >= 11 is 0. The molecule has 7 heteroatoms. The van der Waals surface area contributed by atoms with E-state index in [2.05, 4.69) is 9.97 Å². The number of nitrogens with one attached hydrogen (secondary N) is 1. The Morgan fingerprint density at radius 2 is 2.00 bits per heavy atom. The molecule has 2 aromatic rings. The van der Waals surface area contributed by atoms with Gasteiger partial charge in [0.05, 0.1) is 30.8 Å². The number of nitrogens with zero attached hydrogens (tertiary/aromatic N) is 3. The second kappa shape index (κ2) is 5.46. The zero-order chi connectivity index (χ0) is 14.4. The number of urea groups is 1. The van der Waals surface area contributed by atoms with Gasteiger partial charge in [0.2, 0.25) is 0 Å². The minimum absolute atomic E-state index is 0. The molecule has 0 aliphatic carbocycles. The van der Waals surface area contributed by atoms with E-state index in [9.17, 15) is 9.59 Å². The number of hydrogen-bond acceptors (Lipinski definition) is 3. The van der Waals surface area contributed by atoms with E-state index >= 15 is 0 Å². The topological polar surface area (TPSA) is 69.3 Å². The van der Waals surface area contributed by atoms with E-state index in [1.54, 1.807) is 11.2 Å². The van der Waals surface area contributed by atoms with Gasteiger partial charge in [-0.15, -0.1) is 12.4 Å². The van der Waals surface area contributed by atoms with Crippen LogP contribution in [0.4, 0.5) is 4.79 Å². The first-order chi connectivity index (χ1) is 10.2. The molecule has 3 amide bonds. The van der Waals surface area contributed by atoms with Crippen molar-refractivity contribution in [1.82, 2.24) is 19.8 Å². The molecule has 1 N–H and O–H groups in total. The predicted molar refractivity (Wildman–Crippen MR) is 81.3 cm³/mol. The summed E-state index contributed by atoms with van der Waals surface area (Å²) in [5.41, 5.74) is 2.77. The van der Waals surface area contributed by atoms with Crippen molar-refractivity contribution in [3.05, 3.63) is 53.6 Å². The van der Waals surface area contributed by atoms with E-state index in [4.69, 9.17) is 0 Å². The Labute approximate surface area is 133 Å². The number of imidazole rings is 1. The number of H-pyrrole nitrogens is 1. The first kappa shape index (κ1) is 14.6. The highest BCUT2D eigenvalue weighted by Gasteiger charge is 2.47. The lowest BCUT2D eigenvalue weighted by atomic mass is 10.0. The molecule has 1 fully saturated rings. The molecule has 1 atom stereocenters. The van der Waals surface area contributed by atoms with Crippen LogP contribution in [0.5, 0.6) is 0 Å². The lowest BCUT2D eigenvalue weighted by Crippen LogP contribution is -2.40. The van der Waals surface area contributed by atoms with Crippen molar-refractivity contribution in [1.29, 1.82) is 0 Å². The van der Waals surface area contributed by atoms with Crippen molar-refractivity contribution in [2.24, 2.45) is 0 Å². The Hall–Kier alpha value is -2.34. The number of rotatable bonds is 2. The molecule has 0 spiro atoms. The Morgan fingerprint density at radius 1 is 1.23 bits per heavy atom. The molecule has 0 unspecified atom stereocenters. The van der Waals surface area contributed by atoms with Crippen molar-refractivity contribution in [3.8, 4) is 0 Å². The lowest BCUT2D eigenvalue weighted by Gasteiger charge is -2.25. The number of carbonyl (C=O) groups is 2. The second-order valence-electron chi connectivity index (χ2n) is 5.37. The van der Waals surface area contributed by atoms with E-state index < -0.39 is 6.04 Å². The second-order valence-corrected chi connectivity index (χ2v) is 5.37. The van der Waals surface area contributed by atoms with E-state index in [0.717, 1.165) is 17.0 Å². The van der Waals surface area contributed by atoms with Crippen LogP contribution in [0.15, 0.2) is 36.7 Å². The summed E-state index contributed by atoms with van der Waals surface area (Å²) in [4.78, 5) is 35.2. The molecule has 0 bridgehead atoms. The van der Waals surface area contributed by atoms with Gasteiger partial charge in [0, 0.05) is 6.42 Å². The molecule has 6 nitrogen and oxygen atoms in total. The van der Waals surface area contributed by atoms with Crippen LogP contribution in [0.25, 0.3) is 0 Å². The number of aromatic amines is 1. The quantitative estimate of drug-likeness (QED) is 0.857. The fourth-order valence-electron chi connectivity index (χ4n) is 3.00. The number of amides is 3. The molecule has 1 saturated heterocycles. The van der Waals surface area contributed by atoms with Gasteiger partial charge in [-0.05, 0) is 5.56 Å². The standard InChI is InChI=1S/C15H14N4O2.ClH/c20-14-13-6-11-12(17-9-16-11)8-18(13)15(21)19(14)7-10-4-2-1-3-5-10;/h1-5,9,13H,6-8H2,(H,16,17);1H/t13-;/m0./s1. The number of hydrogen-bond donors (Lipinski definition) is 1. The Balaban J connectivity index is 0.00000144. The third kappa shape index (κ3) is 2.16. The minimum Gasteiger partial charge on any atom is -0.347 e. The van der Waals surface area contributed by atoms with Gasteiger partial charge in [0.25, 0.3) is 5.91 Å². The summed E-state index contributed by atoms with van der Waals surface area (Å²) in [6.45, 7) is 0.753. The normalized spacial score (nSPS) is 19.7. The molecule has 1 aromatic heterocycles. The molecular formula is C15H15ClN4O2. The van der Waals surface area contributed by atoms with Crippen LogP contribution < -0.4 is 0 Å². The first-order valence-corrected chi connectivity index (χ1v) is 6.91. The van der Waals surface area contributed by atoms with Crippen molar-refractivity contribution in [2.45, 2.75) is 25.6 Å². The smallest absolute Gasteiger partial charge is 0.328 e. The molecule has 2 aliphatic heterocycles. The lowest BCUT2D eigenvalue weighted by molar-refractivity contribution is -0.128. The van der Waals surface area contributed by atoms with Gasteiger partial charge >= 0.3 is 6.03 Å². The summed E-state index contributed by atoms with van der Waals surface area (Å²) < 4.78 is 0. The van der Waals surface area contributed by atoms with E-state index in [1.165, 1.54) is 4.90 Å². The number of benzene rings is 1. The first-order valence-electron chi connectivity index (χ1n) is 6.91. The van der Waals surface area contributed by atoms with Crippen LogP contribution in [0, 0.1) is 0 Å². The highest BCUT2D eigenvalue weighted by molar-refractivity contribution is 6.04. The summed E-state index contributed by atoms with van der Waals surface area (Å²) in [5, 5.41) is 0. The number of carbonyl (C=O) groups excluding carboxylic acids is 2. The van der Waals surface area contributed by atoms with Gasteiger partial charge in [-0.25, -0.2) is 9.78 Å². The molecule has 22 heavy (non-hydrogen) atoms. The van der Waals surface area contributed by atoms with Crippen LogP contribution in [0.2, 0.25) is 0 Å². The molecule has 2 aliphatic rings. The maximum absolute atomic E-state index is 12.5. The maximum Gasteiger partial charge on any atom is 0.328 e. The average Bonchev–Trinajstić information content (AvgIpc) is 3.06. The van der Waals surface area contributed by atoms with Crippen LogP contribution in [0.3, 0.4) is 0 Å². The van der Waals surface area contributed by atoms with Crippen LogP contribution in [-0.4, -0.2) is 37.7 Å². The Morgan fingerprint density at radius 3 is 2.77 bits per heavy atom. The number of halogens is 1. The Kier molecular flexibility index (Phi) is 3.62. The number of aromatic nitrogens is 2. The molecule has 114 valence electrons. The van der Waals surface area contributed by atoms with E-state index in [0.29, 0.717) is 19.5 Å². The fraction of sp³-hybridized carbons (Fsp3) is 0.267. The molecule has 4 rings (SSSR count). The van der Waals surface area contributed by atoms with Crippen molar-refractivity contribution >= 4 is 24.3 Å². The summed E-state index contributed by atoms with van der Waals surface area (Å²) in [6.07, 6.45) is 2.11. The zero-order valence-electron chi connectivity index (χ0n) is 11.7. The maximum atomic E-state index is 12.5. The van der Waals surface area contributed by atoms with Gasteiger partial charge < -0.3 is 9.88 Å². The molecule has 1 aromatic carbocycles. The highest BCUT2D eigenvalue weighted by atomic mass is 35.5. The third-order valence-corrected chi connectivity index (χ3v) is 4.11. The SMILES string of the molecule is Cl.O=C1[C@@H]2Cc3nc[nH]c3CN2C(=O)N1Cc1ccccc1. The van der Waals surface area contributed by atoms with Crippen LogP contribution >= 0.6 is 12.4 Å². The van der Waals surface area contributed by atoms with Crippen molar-refractivity contribution in [3.63, 3.8) is 0 Å². The average molecular weight is 319 g/mol. The molecule has 0 radical (unpaired) electrons. The molecule has 3 heterocycles. The highest BCUT2D eigenvalue weighted by Crippen LogP contribution is 2.29. The monoisotopic (exact) mass is 318 g/mol. The van der Waals surface area contributed by atoms with E-state index in [1.807, 2.05) is 30.3 Å². The zero-order valence-corrected chi connectivity index (χ0v) is 12.5. The Bertz CT molecular complexity index is 677. The predicted octanol–water partition coefficient (Wildman–Crippen LogP) is 1.72. The van der Waals surface area contributed by atoms with Gasteiger partial charge in [0.1, 0.15) is 6.04 Å². The molecular weight excluding hydrogens is 304 g/mol. The largest absolute Gasteiger partial charge is 0.347 e. The summed E-state index contributed by atoms with van der Waals surface area (Å²) in [5.74, 6) is -0.127. The minimum atomic E-state index is -0.406. The van der Waals surface area contributed by atoms with E-state index in [-0.39, 0.29) is 24.3 Å². The van der Waals surface area contributed by atoms with Gasteiger partial charge in [-0.3, -0.25) is 9.69 Å². The number of imide groups is 1. The van der Waals surface area contributed by atoms with Crippen LogP contribution in [0.1, 0.15) is 17.0 Å². The fourth-order valence-corrected chi connectivity index (χ4v) is 3.00. The van der Waals surface area contributed by atoms with Gasteiger partial charge in [0.15, 0.2) is 0 Å². The van der Waals surface area contributed by atoms with Crippen molar-refractivity contribution in [2.75, 3.05) is 0 Å². The molecule has 0 saturated carbocycles. The van der Waals surface area contributed by atoms with Gasteiger partial charge in [-0.1, -0.05) is 30.3 Å². The van der Waals surface area contributed by atoms with Crippen molar-refractivity contribution < 1.29 is 9.59 Å². The summed E-state index contributed by atoms with van der Waals surface area (Å²) in [7, 11) is 0. The number of fused-ring (bicyclic) bond motifs is 2. The van der Waals surface area contributed by atoms with Crippen LogP contribution in [-0.2, 0) is 24.3 Å². The third-order valence-electron chi connectivity index (χ3n) is 4.11. The van der Waals surface area contributed by atoms with Gasteiger partial charge in [-0.2, -0.15) is 0 Å².